The molecule has 0 saturated carbocycles. The molecule has 3 N–H and O–H groups in total. The van der Waals surface area contributed by atoms with Gasteiger partial charge >= 0.3 is 5.69 Å². The van der Waals surface area contributed by atoms with Crippen LogP contribution in [0.25, 0.3) is 0 Å². The Morgan fingerprint density at radius 3 is 2.74 bits per heavy atom. The molecule has 1 aliphatic rings. The van der Waals surface area contributed by atoms with Crippen LogP contribution in [0.1, 0.15) is 6.23 Å². The maximum Gasteiger partial charge on any atom is 0.330 e. The van der Waals surface area contributed by atoms with Crippen LogP contribution in [0.15, 0.2) is 21.9 Å². The van der Waals surface area contributed by atoms with Gasteiger partial charge in [0.2, 0.25) is 0 Å². The molecule has 0 unspecified atom stereocenters. The second-order valence-corrected chi connectivity index (χ2v) is 5.76. The van der Waals surface area contributed by atoms with Crippen LogP contribution < -0.4 is 11.2 Å². The first-order chi connectivity index (χ1) is 8.95. The molecule has 0 radical (unpaired) electrons. The average molecular weight is 290 g/mol. The smallest absolute Gasteiger partial charge is 0.330 e. The normalized spacial score (nSPS) is 32.4. The Morgan fingerprint density at radius 1 is 1.53 bits per heavy atom. The van der Waals surface area contributed by atoms with Gasteiger partial charge in [0.05, 0.1) is 6.61 Å². The molecule has 8 nitrogen and oxygen atoms in total. The summed E-state index contributed by atoms with van der Waals surface area (Å²) in [4.78, 5) is 24.7. The fourth-order valence-corrected chi connectivity index (χ4v) is 3.17. The van der Waals surface area contributed by atoms with Crippen LogP contribution in [0.4, 0.5) is 0 Å². The molecule has 1 aromatic heterocycles. The van der Waals surface area contributed by atoms with Crippen molar-refractivity contribution in [1.29, 1.82) is 0 Å². The monoisotopic (exact) mass is 290 g/mol. The Hall–Kier alpha value is -1.29. The fraction of sp³-hybridized carbons (Fsp3) is 0.600. The topological polar surface area (TPSA) is 122 Å². The highest BCUT2D eigenvalue weighted by atomic mass is 32.2. The third kappa shape index (κ3) is 2.54. The molecule has 0 amide bonds. The zero-order valence-electron chi connectivity index (χ0n) is 10.1. The molecule has 0 aromatic carbocycles. The van der Waals surface area contributed by atoms with Gasteiger partial charge in [-0.2, -0.15) is 0 Å². The quantitative estimate of drug-likeness (QED) is 0.567. The Bertz CT molecular complexity index is 596. The van der Waals surface area contributed by atoms with Crippen LogP contribution in [0.5, 0.6) is 0 Å². The molecule has 9 heteroatoms. The van der Waals surface area contributed by atoms with E-state index >= 15 is 0 Å². The molecule has 1 saturated heterocycles. The Balaban J connectivity index is 2.45. The zero-order chi connectivity index (χ0) is 14.2. The third-order valence-corrected chi connectivity index (χ3v) is 4.28. The van der Waals surface area contributed by atoms with Gasteiger partial charge in [-0.1, -0.05) is 0 Å². The first-order valence-corrected chi connectivity index (χ1v) is 7.16. The van der Waals surface area contributed by atoms with E-state index in [4.69, 9.17) is 9.84 Å². The third-order valence-electron chi connectivity index (χ3n) is 3.00. The number of rotatable bonds is 3. The van der Waals surface area contributed by atoms with Crippen LogP contribution in [-0.2, 0) is 15.5 Å². The summed E-state index contributed by atoms with van der Waals surface area (Å²) >= 11 is 0. The minimum Gasteiger partial charge on any atom is -0.394 e. The Kier molecular flexibility index (Phi) is 3.99. The maximum atomic E-state index is 11.7. The van der Waals surface area contributed by atoms with Crippen molar-refractivity contribution in [3.8, 4) is 0 Å². The summed E-state index contributed by atoms with van der Waals surface area (Å²) in [6.07, 6.45) is -0.487. The van der Waals surface area contributed by atoms with E-state index in [0.29, 0.717) is 0 Å². The summed E-state index contributed by atoms with van der Waals surface area (Å²) in [7, 11) is -1.48. The molecule has 106 valence electrons. The zero-order valence-corrected chi connectivity index (χ0v) is 10.9. The second kappa shape index (κ2) is 5.37. The van der Waals surface area contributed by atoms with E-state index < -0.39 is 52.3 Å². The van der Waals surface area contributed by atoms with Crippen molar-refractivity contribution in [1.82, 2.24) is 9.55 Å². The van der Waals surface area contributed by atoms with Crippen molar-refractivity contribution in [2.45, 2.75) is 23.7 Å². The van der Waals surface area contributed by atoms with E-state index in [1.807, 2.05) is 0 Å². The van der Waals surface area contributed by atoms with Gasteiger partial charge in [-0.3, -0.25) is 18.6 Å². The molecular weight excluding hydrogens is 276 g/mol. The molecule has 19 heavy (non-hydrogen) atoms. The van der Waals surface area contributed by atoms with Gasteiger partial charge in [-0.25, -0.2) is 4.79 Å². The Morgan fingerprint density at radius 2 is 2.21 bits per heavy atom. The lowest BCUT2D eigenvalue weighted by Crippen LogP contribution is -2.39. The van der Waals surface area contributed by atoms with Crippen LogP contribution in [0, 0.1) is 0 Å². The minimum atomic E-state index is -1.48. The summed E-state index contributed by atoms with van der Waals surface area (Å²) in [5.41, 5.74) is -1.29. The molecule has 2 heterocycles. The van der Waals surface area contributed by atoms with Gasteiger partial charge in [-0.15, -0.1) is 0 Å². The van der Waals surface area contributed by atoms with Crippen molar-refractivity contribution in [2.24, 2.45) is 0 Å². The maximum absolute atomic E-state index is 11.7. The lowest BCUT2D eigenvalue weighted by Gasteiger charge is -2.19. The molecule has 2 rings (SSSR count). The SMILES string of the molecule is C[S@@](=O)[C@@H]1[C@H](O)[C@@H](CO)O[C@H]1n1ccc(=O)[nH]c1=O. The van der Waals surface area contributed by atoms with Gasteiger partial charge in [0.15, 0.2) is 6.23 Å². The van der Waals surface area contributed by atoms with Crippen LogP contribution in [0.3, 0.4) is 0 Å². The molecule has 0 aliphatic carbocycles. The van der Waals surface area contributed by atoms with Crippen molar-refractivity contribution in [2.75, 3.05) is 12.9 Å². The highest BCUT2D eigenvalue weighted by Crippen LogP contribution is 2.31. The fourth-order valence-electron chi connectivity index (χ4n) is 2.08. The van der Waals surface area contributed by atoms with Gasteiger partial charge in [0.25, 0.3) is 5.56 Å². The van der Waals surface area contributed by atoms with E-state index in [9.17, 15) is 18.9 Å². The van der Waals surface area contributed by atoms with E-state index in [-0.39, 0.29) is 0 Å². The van der Waals surface area contributed by atoms with Gasteiger partial charge in [-0.05, 0) is 0 Å². The van der Waals surface area contributed by atoms with E-state index in [1.54, 1.807) is 0 Å². The van der Waals surface area contributed by atoms with E-state index in [0.717, 1.165) is 10.6 Å². The second-order valence-electron chi connectivity index (χ2n) is 4.22. The number of aliphatic hydroxyl groups excluding tert-OH is 2. The predicted molar refractivity (Wildman–Crippen MR) is 66.2 cm³/mol. The van der Waals surface area contributed by atoms with E-state index in [1.165, 1.54) is 12.5 Å². The van der Waals surface area contributed by atoms with Crippen LogP contribution in [0.2, 0.25) is 0 Å². The number of hydrogen-bond acceptors (Lipinski definition) is 6. The molecule has 0 bridgehead atoms. The standard InChI is InChI=1S/C10H14N2O6S/c1-19(17)8-7(15)5(4-13)18-9(8)12-3-2-6(14)11-10(12)16/h2-3,5,7-9,13,15H,4H2,1H3,(H,11,14,16)/t5-,7-,8-,9-,19-/m1/s1. The average Bonchev–Trinajstić information content (AvgIpc) is 2.66. The molecule has 1 aromatic rings. The van der Waals surface area contributed by atoms with Gasteiger partial charge in [0.1, 0.15) is 17.5 Å². The largest absolute Gasteiger partial charge is 0.394 e. The van der Waals surface area contributed by atoms with Crippen molar-refractivity contribution in [3.63, 3.8) is 0 Å². The van der Waals surface area contributed by atoms with Crippen LogP contribution in [-0.4, -0.2) is 54.3 Å². The van der Waals surface area contributed by atoms with Crippen molar-refractivity contribution >= 4 is 10.8 Å². The van der Waals surface area contributed by atoms with E-state index in [2.05, 4.69) is 4.98 Å². The van der Waals surface area contributed by atoms with Crippen molar-refractivity contribution in [3.05, 3.63) is 33.1 Å². The number of aromatic nitrogens is 2. The number of aromatic amines is 1. The van der Waals surface area contributed by atoms with Gasteiger partial charge in [0, 0.05) is 29.3 Å². The molecule has 1 aliphatic heterocycles. The first kappa shape index (κ1) is 14.1. The van der Waals surface area contributed by atoms with Crippen LogP contribution >= 0.6 is 0 Å². The first-order valence-electron chi connectivity index (χ1n) is 5.53. The molecule has 0 spiro atoms. The van der Waals surface area contributed by atoms with Gasteiger partial charge < -0.3 is 14.9 Å². The molecular formula is C10H14N2O6S. The minimum absolute atomic E-state index is 0.455. The number of ether oxygens (including phenoxy) is 1. The summed E-state index contributed by atoms with van der Waals surface area (Å²) in [6, 6.07) is 1.12. The summed E-state index contributed by atoms with van der Waals surface area (Å²) in [5.74, 6) is 0. The number of H-pyrrole nitrogens is 1. The lowest BCUT2D eigenvalue weighted by molar-refractivity contribution is -0.0457. The summed E-state index contributed by atoms with van der Waals surface area (Å²) in [6.45, 7) is -0.455. The summed E-state index contributed by atoms with van der Waals surface area (Å²) < 4.78 is 18.1. The highest BCUT2D eigenvalue weighted by molar-refractivity contribution is 7.85. The highest BCUT2D eigenvalue weighted by Gasteiger charge is 2.46. The summed E-state index contributed by atoms with van der Waals surface area (Å²) in [5, 5.41) is 18.2. The molecule has 1 fully saturated rings. The Labute approximate surface area is 110 Å². The number of nitrogens with one attached hydrogen (secondary N) is 1. The number of hydrogen-bond donors (Lipinski definition) is 3. The van der Waals surface area contributed by atoms with Crippen molar-refractivity contribution < 1.29 is 19.2 Å². The molecule has 5 atom stereocenters. The number of nitrogens with zero attached hydrogens (tertiary/aromatic N) is 1. The number of aliphatic hydroxyl groups is 2. The predicted octanol–water partition coefficient (Wildman–Crippen LogP) is -2.47. The lowest BCUT2D eigenvalue weighted by atomic mass is 10.2.